The Morgan fingerprint density at radius 3 is 2.04 bits per heavy atom. The first-order chi connectivity index (χ1) is 11.4. The first-order valence-corrected chi connectivity index (χ1v) is 7.97. The van der Waals surface area contributed by atoms with Gasteiger partial charge >= 0.3 is 0 Å². The van der Waals surface area contributed by atoms with Gasteiger partial charge in [-0.25, -0.2) is 0 Å². The zero-order chi connectivity index (χ0) is 17.4. The number of benzene rings is 1. The number of fused-ring (bicyclic) bond motifs is 1. The second kappa shape index (κ2) is 6.07. The predicted octanol–water partition coefficient (Wildman–Crippen LogP) is 0.395. The fourth-order valence-electron chi connectivity index (χ4n) is 3.32. The molecule has 1 atom stereocenters. The molecule has 0 aromatic heterocycles. The number of carbonyl (C=O) groups excluding carboxylic acids is 4. The van der Waals surface area contributed by atoms with Gasteiger partial charge in [0.25, 0.3) is 11.8 Å². The lowest BCUT2D eigenvalue weighted by Crippen LogP contribution is -2.52. The molecule has 3 rings (SSSR count). The van der Waals surface area contributed by atoms with Crippen molar-refractivity contribution in [3.05, 3.63) is 35.4 Å². The molecular formula is C17H19N3O4. The van der Waals surface area contributed by atoms with Crippen LogP contribution < -0.4 is 5.73 Å². The number of piperidine rings is 1. The molecule has 1 aromatic rings. The van der Waals surface area contributed by atoms with E-state index in [2.05, 4.69) is 0 Å². The highest BCUT2D eigenvalue weighted by Crippen LogP contribution is 2.26. The Bertz CT molecular complexity index is 687. The van der Waals surface area contributed by atoms with Crippen molar-refractivity contribution < 1.29 is 19.2 Å². The lowest BCUT2D eigenvalue weighted by molar-refractivity contribution is -0.138. The summed E-state index contributed by atoms with van der Waals surface area (Å²) in [6.45, 7) is 2.37. The molecule has 2 aliphatic heterocycles. The average Bonchev–Trinajstić information content (AvgIpc) is 2.85. The molecular weight excluding hydrogens is 310 g/mol. The molecule has 126 valence electrons. The van der Waals surface area contributed by atoms with Crippen molar-refractivity contribution in [3.63, 3.8) is 0 Å². The van der Waals surface area contributed by atoms with Gasteiger partial charge in [-0.05, 0) is 31.9 Å². The number of amides is 4. The van der Waals surface area contributed by atoms with Crippen LogP contribution >= 0.6 is 0 Å². The minimum atomic E-state index is -0.873. The minimum Gasteiger partial charge on any atom is -0.369 e. The van der Waals surface area contributed by atoms with Crippen molar-refractivity contribution in [1.82, 2.24) is 9.80 Å². The molecule has 4 amide bonds. The van der Waals surface area contributed by atoms with Crippen LogP contribution in [0.1, 0.15) is 40.5 Å². The van der Waals surface area contributed by atoms with Gasteiger partial charge in [-0.2, -0.15) is 0 Å². The van der Waals surface area contributed by atoms with Gasteiger partial charge in [0, 0.05) is 19.0 Å². The van der Waals surface area contributed by atoms with Gasteiger partial charge < -0.3 is 10.6 Å². The fraction of sp³-hybridized carbons (Fsp3) is 0.412. The maximum Gasteiger partial charge on any atom is 0.262 e. The molecule has 2 heterocycles. The Kier molecular flexibility index (Phi) is 4.09. The summed E-state index contributed by atoms with van der Waals surface area (Å²) in [7, 11) is 0. The van der Waals surface area contributed by atoms with Crippen LogP contribution in [0.25, 0.3) is 0 Å². The first-order valence-electron chi connectivity index (χ1n) is 7.97. The Morgan fingerprint density at radius 2 is 1.58 bits per heavy atom. The highest BCUT2D eigenvalue weighted by molar-refractivity contribution is 6.22. The van der Waals surface area contributed by atoms with Crippen LogP contribution in [-0.2, 0) is 9.59 Å². The lowest BCUT2D eigenvalue weighted by Gasteiger charge is -2.34. The Labute approximate surface area is 139 Å². The maximum atomic E-state index is 12.7. The molecule has 0 bridgehead atoms. The van der Waals surface area contributed by atoms with Crippen molar-refractivity contribution in [2.45, 2.75) is 25.8 Å². The van der Waals surface area contributed by atoms with E-state index >= 15 is 0 Å². The van der Waals surface area contributed by atoms with Crippen molar-refractivity contribution in [2.75, 3.05) is 13.1 Å². The summed E-state index contributed by atoms with van der Waals surface area (Å²) in [4.78, 5) is 51.4. The highest BCUT2D eigenvalue weighted by atomic mass is 16.2. The van der Waals surface area contributed by atoms with Crippen LogP contribution in [0.5, 0.6) is 0 Å². The predicted molar refractivity (Wildman–Crippen MR) is 84.9 cm³/mol. The number of nitrogens with zero attached hydrogens (tertiary/aromatic N) is 2. The summed E-state index contributed by atoms with van der Waals surface area (Å²) in [5.74, 6) is -1.74. The monoisotopic (exact) mass is 329 g/mol. The van der Waals surface area contributed by atoms with E-state index in [1.165, 1.54) is 0 Å². The van der Waals surface area contributed by atoms with E-state index in [9.17, 15) is 19.2 Å². The Morgan fingerprint density at radius 1 is 1.08 bits per heavy atom. The Balaban J connectivity index is 1.72. The molecule has 2 aliphatic rings. The molecule has 1 unspecified atom stereocenters. The zero-order valence-electron chi connectivity index (χ0n) is 13.4. The average molecular weight is 329 g/mol. The second-order valence-electron chi connectivity index (χ2n) is 6.20. The first kappa shape index (κ1) is 16.2. The molecule has 0 saturated carbocycles. The summed E-state index contributed by atoms with van der Waals surface area (Å²) in [6, 6.07) is 5.68. The summed E-state index contributed by atoms with van der Waals surface area (Å²) in [6.07, 6.45) is 1.02. The van der Waals surface area contributed by atoms with Gasteiger partial charge in [-0.3, -0.25) is 24.1 Å². The van der Waals surface area contributed by atoms with Crippen LogP contribution in [0.4, 0.5) is 0 Å². The smallest absolute Gasteiger partial charge is 0.262 e. The molecule has 2 N–H and O–H groups in total. The maximum absolute atomic E-state index is 12.7. The van der Waals surface area contributed by atoms with Crippen LogP contribution in [0.3, 0.4) is 0 Å². The van der Waals surface area contributed by atoms with Crippen LogP contribution in [0.15, 0.2) is 24.3 Å². The molecule has 1 saturated heterocycles. The summed E-state index contributed by atoms with van der Waals surface area (Å²) in [5, 5.41) is 0. The number of imide groups is 1. The van der Waals surface area contributed by atoms with E-state index in [4.69, 9.17) is 5.73 Å². The molecule has 7 heteroatoms. The highest BCUT2D eigenvalue weighted by Gasteiger charge is 2.42. The molecule has 0 radical (unpaired) electrons. The third-order valence-corrected chi connectivity index (χ3v) is 4.78. The van der Waals surface area contributed by atoms with Crippen molar-refractivity contribution in [1.29, 1.82) is 0 Å². The Hall–Kier alpha value is -2.70. The van der Waals surface area contributed by atoms with Gasteiger partial charge in [-0.1, -0.05) is 12.1 Å². The SMILES string of the molecule is CC(C(=O)N1CCC(C(N)=O)CC1)N1C(=O)c2ccccc2C1=O. The second-order valence-corrected chi connectivity index (χ2v) is 6.20. The summed E-state index contributed by atoms with van der Waals surface area (Å²) >= 11 is 0. The number of primary amides is 1. The van der Waals surface area contributed by atoms with E-state index in [1.54, 1.807) is 36.1 Å². The number of hydrogen-bond donors (Lipinski definition) is 1. The quantitative estimate of drug-likeness (QED) is 0.811. The number of rotatable bonds is 3. The minimum absolute atomic E-state index is 0.219. The largest absolute Gasteiger partial charge is 0.369 e. The molecule has 0 spiro atoms. The fourth-order valence-corrected chi connectivity index (χ4v) is 3.32. The molecule has 24 heavy (non-hydrogen) atoms. The lowest BCUT2D eigenvalue weighted by atomic mass is 9.96. The third kappa shape index (κ3) is 2.55. The molecule has 1 aromatic carbocycles. The van der Waals surface area contributed by atoms with E-state index in [0.717, 1.165) is 4.90 Å². The molecule has 7 nitrogen and oxygen atoms in total. The summed E-state index contributed by atoms with van der Waals surface area (Å²) in [5.41, 5.74) is 5.95. The standard InChI is InChI=1S/C17H19N3O4/c1-10(15(22)19-8-6-11(7-9-19)14(18)21)20-16(23)12-4-2-3-5-13(12)17(20)24/h2-5,10-11H,6-9H2,1H3,(H2,18,21). The topological polar surface area (TPSA) is 101 Å². The zero-order valence-corrected chi connectivity index (χ0v) is 13.4. The van der Waals surface area contributed by atoms with Crippen LogP contribution in [0.2, 0.25) is 0 Å². The van der Waals surface area contributed by atoms with Gasteiger partial charge in [0.05, 0.1) is 11.1 Å². The third-order valence-electron chi connectivity index (χ3n) is 4.78. The number of carbonyl (C=O) groups is 4. The van der Waals surface area contributed by atoms with Crippen molar-refractivity contribution >= 4 is 23.6 Å². The number of nitrogens with two attached hydrogens (primary N) is 1. The van der Waals surface area contributed by atoms with Crippen molar-refractivity contribution in [3.8, 4) is 0 Å². The van der Waals surface area contributed by atoms with Crippen LogP contribution in [0, 0.1) is 5.92 Å². The summed E-state index contributed by atoms with van der Waals surface area (Å²) < 4.78 is 0. The van der Waals surface area contributed by atoms with E-state index in [-0.39, 0.29) is 17.7 Å². The van der Waals surface area contributed by atoms with E-state index in [1.807, 2.05) is 0 Å². The molecule has 1 fully saturated rings. The van der Waals surface area contributed by atoms with Gasteiger partial charge in [0.15, 0.2) is 0 Å². The van der Waals surface area contributed by atoms with E-state index in [0.29, 0.717) is 37.1 Å². The number of hydrogen-bond acceptors (Lipinski definition) is 4. The van der Waals surface area contributed by atoms with Crippen molar-refractivity contribution in [2.24, 2.45) is 11.7 Å². The number of likely N-dealkylation sites (tertiary alicyclic amines) is 1. The van der Waals surface area contributed by atoms with Gasteiger partial charge in [0.2, 0.25) is 11.8 Å². The van der Waals surface area contributed by atoms with Crippen LogP contribution in [-0.4, -0.2) is 52.6 Å². The van der Waals surface area contributed by atoms with Gasteiger partial charge in [-0.15, -0.1) is 0 Å². The molecule has 0 aliphatic carbocycles. The normalized spacial score (nSPS) is 19.4. The van der Waals surface area contributed by atoms with Gasteiger partial charge in [0.1, 0.15) is 6.04 Å². The van der Waals surface area contributed by atoms with E-state index < -0.39 is 17.9 Å².